The van der Waals surface area contributed by atoms with Crippen LogP contribution in [-0.4, -0.2) is 18.4 Å². The number of rotatable bonds is 5. The van der Waals surface area contributed by atoms with Crippen LogP contribution in [0.15, 0.2) is 54.6 Å². The molecule has 2 N–H and O–H groups in total. The molecule has 0 unspecified atom stereocenters. The fraction of sp³-hybridized carbons (Fsp3) is 0.0588. The highest BCUT2D eigenvalue weighted by Crippen LogP contribution is 2.22. The Labute approximate surface area is 149 Å². The van der Waals surface area contributed by atoms with Crippen molar-refractivity contribution in [1.29, 1.82) is 0 Å². The number of hydrogen-bond donors (Lipinski definition) is 2. The molecule has 2 aromatic carbocycles. The van der Waals surface area contributed by atoms with Gasteiger partial charge in [-0.3, -0.25) is 20.4 Å². The standard InChI is InChI=1S/C17H14Cl2N2O3/c18-13-6-2-1-5-12(13)9-10-16(22)20-21-17(23)11-24-15-8-4-3-7-14(15)19/h1-10H,11H2,(H,20,22)(H,21,23). The Bertz CT molecular complexity index is 763. The molecule has 124 valence electrons. The Hall–Kier alpha value is -2.50. The van der Waals surface area contributed by atoms with Crippen molar-refractivity contribution in [3.8, 4) is 5.75 Å². The summed E-state index contributed by atoms with van der Waals surface area (Å²) in [6, 6.07) is 13.9. The number of carbonyl (C=O) groups excluding carboxylic acids is 2. The van der Waals surface area contributed by atoms with Gasteiger partial charge < -0.3 is 4.74 Å². The van der Waals surface area contributed by atoms with Crippen LogP contribution < -0.4 is 15.6 Å². The molecule has 0 bridgehead atoms. The molecule has 7 heteroatoms. The molecule has 0 aromatic heterocycles. The number of para-hydroxylation sites is 1. The third-order valence-corrected chi connectivity index (χ3v) is 3.50. The Morgan fingerprint density at radius 3 is 2.33 bits per heavy atom. The third-order valence-electron chi connectivity index (χ3n) is 2.84. The first-order chi connectivity index (χ1) is 11.6. The molecule has 2 rings (SSSR count). The SMILES string of the molecule is O=C(C=Cc1ccccc1Cl)NNC(=O)COc1ccccc1Cl. The lowest BCUT2D eigenvalue weighted by Gasteiger charge is -2.08. The van der Waals surface area contributed by atoms with Gasteiger partial charge in [0.1, 0.15) is 5.75 Å². The van der Waals surface area contributed by atoms with E-state index in [0.717, 1.165) is 0 Å². The summed E-state index contributed by atoms with van der Waals surface area (Å²) in [5, 5.41) is 0.927. The summed E-state index contributed by atoms with van der Waals surface area (Å²) in [5.74, 6) is -0.630. The average molecular weight is 365 g/mol. The fourth-order valence-electron chi connectivity index (χ4n) is 1.69. The number of halogens is 2. The number of hydrazine groups is 1. The molecular formula is C17H14Cl2N2O3. The van der Waals surface area contributed by atoms with E-state index in [2.05, 4.69) is 10.9 Å². The number of amides is 2. The minimum absolute atomic E-state index is 0.280. The van der Waals surface area contributed by atoms with E-state index in [4.69, 9.17) is 27.9 Å². The molecule has 0 saturated carbocycles. The molecule has 0 fully saturated rings. The average Bonchev–Trinajstić information content (AvgIpc) is 2.58. The van der Waals surface area contributed by atoms with Gasteiger partial charge in [0.15, 0.2) is 6.61 Å². The monoisotopic (exact) mass is 364 g/mol. The molecular weight excluding hydrogens is 351 g/mol. The fourth-order valence-corrected chi connectivity index (χ4v) is 2.08. The number of ether oxygens (including phenoxy) is 1. The van der Waals surface area contributed by atoms with Crippen molar-refractivity contribution >= 4 is 41.1 Å². The molecule has 2 amide bonds. The van der Waals surface area contributed by atoms with E-state index in [0.29, 0.717) is 21.4 Å². The predicted molar refractivity (Wildman–Crippen MR) is 93.7 cm³/mol. The van der Waals surface area contributed by atoms with Gasteiger partial charge in [-0.25, -0.2) is 0 Å². The molecule has 2 aromatic rings. The molecule has 24 heavy (non-hydrogen) atoms. The van der Waals surface area contributed by atoms with E-state index >= 15 is 0 Å². The van der Waals surface area contributed by atoms with Crippen LogP contribution >= 0.6 is 23.2 Å². The van der Waals surface area contributed by atoms with Crippen LogP contribution in [0.3, 0.4) is 0 Å². The van der Waals surface area contributed by atoms with Gasteiger partial charge in [0.25, 0.3) is 11.8 Å². The van der Waals surface area contributed by atoms with Crippen LogP contribution in [0, 0.1) is 0 Å². The Kier molecular flexibility index (Phi) is 6.66. The molecule has 5 nitrogen and oxygen atoms in total. The highest BCUT2D eigenvalue weighted by molar-refractivity contribution is 6.32. The Morgan fingerprint density at radius 2 is 1.62 bits per heavy atom. The van der Waals surface area contributed by atoms with Gasteiger partial charge in [0.05, 0.1) is 5.02 Å². The topological polar surface area (TPSA) is 67.4 Å². The second-order valence-electron chi connectivity index (χ2n) is 4.61. The summed E-state index contributed by atoms with van der Waals surface area (Å²) in [4.78, 5) is 23.3. The smallest absolute Gasteiger partial charge is 0.276 e. The molecule has 0 radical (unpaired) electrons. The van der Waals surface area contributed by atoms with E-state index < -0.39 is 11.8 Å². The van der Waals surface area contributed by atoms with E-state index in [1.54, 1.807) is 54.6 Å². The van der Waals surface area contributed by atoms with Gasteiger partial charge in [-0.2, -0.15) is 0 Å². The van der Waals surface area contributed by atoms with Crippen molar-refractivity contribution in [2.75, 3.05) is 6.61 Å². The highest BCUT2D eigenvalue weighted by Gasteiger charge is 2.06. The molecule has 0 aliphatic carbocycles. The first-order valence-corrected chi connectivity index (χ1v) is 7.70. The van der Waals surface area contributed by atoms with Gasteiger partial charge in [-0.1, -0.05) is 53.5 Å². The highest BCUT2D eigenvalue weighted by atomic mass is 35.5. The zero-order valence-corrected chi connectivity index (χ0v) is 14.0. The molecule has 0 spiro atoms. The number of nitrogens with one attached hydrogen (secondary N) is 2. The van der Waals surface area contributed by atoms with Crippen molar-refractivity contribution in [3.63, 3.8) is 0 Å². The van der Waals surface area contributed by atoms with Gasteiger partial charge in [0.2, 0.25) is 0 Å². The summed E-state index contributed by atoms with van der Waals surface area (Å²) in [7, 11) is 0. The van der Waals surface area contributed by atoms with Gasteiger partial charge >= 0.3 is 0 Å². The van der Waals surface area contributed by atoms with Crippen molar-refractivity contribution in [2.24, 2.45) is 0 Å². The van der Waals surface area contributed by atoms with Crippen LogP contribution in [0.25, 0.3) is 6.08 Å². The van der Waals surface area contributed by atoms with Gasteiger partial charge in [-0.15, -0.1) is 0 Å². The maximum atomic E-state index is 11.6. The quantitative estimate of drug-likeness (QED) is 0.632. The Morgan fingerprint density at radius 1 is 0.958 bits per heavy atom. The molecule has 0 aliphatic heterocycles. The number of hydrogen-bond acceptors (Lipinski definition) is 3. The minimum Gasteiger partial charge on any atom is -0.482 e. The summed E-state index contributed by atoms with van der Waals surface area (Å²) in [6.45, 7) is -0.280. The van der Waals surface area contributed by atoms with Crippen LogP contribution in [0.1, 0.15) is 5.56 Å². The summed E-state index contributed by atoms with van der Waals surface area (Å²) in [5.41, 5.74) is 5.17. The second kappa shape index (κ2) is 8.96. The van der Waals surface area contributed by atoms with E-state index in [1.165, 1.54) is 6.08 Å². The lowest BCUT2D eigenvalue weighted by molar-refractivity contribution is -0.128. The summed E-state index contributed by atoms with van der Waals surface area (Å²) < 4.78 is 5.25. The van der Waals surface area contributed by atoms with Crippen molar-refractivity contribution in [3.05, 3.63) is 70.2 Å². The van der Waals surface area contributed by atoms with Crippen molar-refractivity contribution in [1.82, 2.24) is 10.9 Å². The molecule has 0 saturated heterocycles. The lowest BCUT2D eigenvalue weighted by atomic mass is 10.2. The first-order valence-electron chi connectivity index (χ1n) is 6.95. The lowest BCUT2D eigenvalue weighted by Crippen LogP contribution is -2.43. The van der Waals surface area contributed by atoms with E-state index in [1.807, 2.05) is 0 Å². The van der Waals surface area contributed by atoms with Crippen LogP contribution in [0.4, 0.5) is 0 Å². The van der Waals surface area contributed by atoms with E-state index in [9.17, 15) is 9.59 Å². The first kappa shape index (κ1) is 17.8. The number of benzene rings is 2. The van der Waals surface area contributed by atoms with E-state index in [-0.39, 0.29) is 6.61 Å². The van der Waals surface area contributed by atoms with Gasteiger partial charge in [-0.05, 0) is 29.8 Å². The Balaban J connectivity index is 1.76. The number of carbonyl (C=O) groups is 2. The molecule has 0 heterocycles. The zero-order chi connectivity index (χ0) is 17.4. The predicted octanol–water partition coefficient (Wildman–Crippen LogP) is 3.23. The van der Waals surface area contributed by atoms with Crippen LogP contribution in [0.5, 0.6) is 5.75 Å². The molecule has 0 aliphatic rings. The maximum Gasteiger partial charge on any atom is 0.276 e. The maximum absolute atomic E-state index is 11.6. The minimum atomic E-state index is -0.519. The zero-order valence-electron chi connectivity index (χ0n) is 12.5. The van der Waals surface area contributed by atoms with Crippen molar-refractivity contribution < 1.29 is 14.3 Å². The normalized spacial score (nSPS) is 10.4. The second-order valence-corrected chi connectivity index (χ2v) is 5.43. The van der Waals surface area contributed by atoms with Crippen LogP contribution in [-0.2, 0) is 9.59 Å². The third kappa shape index (κ3) is 5.61. The largest absolute Gasteiger partial charge is 0.482 e. The van der Waals surface area contributed by atoms with Crippen LogP contribution in [0.2, 0.25) is 10.0 Å². The molecule has 0 atom stereocenters. The van der Waals surface area contributed by atoms with Gasteiger partial charge in [0, 0.05) is 11.1 Å². The summed E-state index contributed by atoms with van der Waals surface area (Å²) >= 11 is 11.9. The summed E-state index contributed by atoms with van der Waals surface area (Å²) in [6.07, 6.45) is 2.81. The van der Waals surface area contributed by atoms with Crippen molar-refractivity contribution in [2.45, 2.75) is 0 Å².